The first-order chi connectivity index (χ1) is 9.38. The van der Waals surface area contributed by atoms with E-state index in [1.807, 2.05) is 0 Å². The first-order valence-electron chi connectivity index (χ1n) is 6.31. The zero-order chi connectivity index (χ0) is 14.9. The molecule has 0 aromatic heterocycles. The van der Waals surface area contributed by atoms with Crippen molar-refractivity contribution in [3.63, 3.8) is 0 Å². The van der Waals surface area contributed by atoms with Crippen LogP contribution in [0, 0.1) is 21.3 Å². The number of carbonyl (C=O) groups is 1. The number of nitrogens with zero attached hydrogens (tertiary/aromatic N) is 2. The van der Waals surface area contributed by atoms with Gasteiger partial charge in [-0.3, -0.25) is 14.9 Å². The monoisotopic (exact) mass is 282 g/mol. The molecule has 0 amide bonds. The Morgan fingerprint density at radius 2 is 2.25 bits per heavy atom. The van der Waals surface area contributed by atoms with Crippen molar-refractivity contribution in [3.05, 3.63) is 34.1 Å². The van der Waals surface area contributed by atoms with Gasteiger partial charge in [0.2, 0.25) is 0 Å². The molecule has 1 unspecified atom stereocenters. The Balaban J connectivity index is 2.30. The summed E-state index contributed by atoms with van der Waals surface area (Å²) < 4.78 is 13.4. The van der Waals surface area contributed by atoms with Gasteiger partial charge in [-0.1, -0.05) is 6.92 Å². The number of benzene rings is 1. The molecule has 1 saturated heterocycles. The standard InChI is InChI=1S/C13H15FN2O4/c1-2-13(12(17)18)3-4-15(8-13)10-5-9(14)6-11(7-10)16(19)20/h5-7H,2-4,8H2,1H3,(H,17,18). The quantitative estimate of drug-likeness (QED) is 0.677. The Kier molecular flexibility index (Phi) is 3.61. The van der Waals surface area contributed by atoms with Crippen LogP contribution >= 0.6 is 0 Å². The van der Waals surface area contributed by atoms with Gasteiger partial charge < -0.3 is 10.0 Å². The van der Waals surface area contributed by atoms with E-state index in [2.05, 4.69) is 0 Å². The minimum absolute atomic E-state index is 0.236. The number of hydrogen-bond donors (Lipinski definition) is 1. The van der Waals surface area contributed by atoms with Gasteiger partial charge in [-0.15, -0.1) is 0 Å². The van der Waals surface area contributed by atoms with Gasteiger partial charge in [-0.25, -0.2) is 4.39 Å². The maximum absolute atomic E-state index is 13.4. The second kappa shape index (κ2) is 5.07. The molecule has 1 aromatic rings. The summed E-state index contributed by atoms with van der Waals surface area (Å²) in [6.45, 7) is 2.48. The smallest absolute Gasteiger partial charge is 0.311 e. The van der Waals surface area contributed by atoms with Crippen molar-refractivity contribution in [2.24, 2.45) is 5.41 Å². The maximum atomic E-state index is 13.4. The minimum Gasteiger partial charge on any atom is -0.481 e. The van der Waals surface area contributed by atoms with Crippen molar-refractivity contribution in [1.82, 2.24) is 0 Å². The molecule has 1 aliphatic heterocycles. The lowest BCUT2D eigenvalue weighted by Gasteiger charge is -2.24. The number of carboxylic acids is 1. The zero-order valence-electron chi connectivity index (χ0n) is 11.0. The van der Waals surface area contributed by atoms with E-state index < -0.39 is 22.1 Å². The molecule has 108 valence electrons. The molecule has 1 N–H and O–H groups in total. The highest BCUT2D eigenvalue weighted by Gasteiger charge is 2.43. The van der Waals surface area contributed by atoms with E-state index in [9.17, 15) is 24.4 Å². The largest absolute Gasteiger partial charge is 0.481 e. The molecule has 1 aromatic carbocycles. The van der Waals surface area contributed by atoms with E-state index in [0.717, 1.165) is 6.07 Å². The van der Waals surface area contributed by atoms with E-state index >= 15 is 0 Å². The highest BCUT2D eigenvalue weighted by atomic mass is 19.1. The molecule has 0 radical (unpaired) electrons. The lowest BCUT2D eigenvalue weighted by molar-refractivity contribution is -0.385. The predicted octanol–water partition coefficient (Wildman–Crippen LogP) is 2.43. The topological polar surface area (TPSA) is 83.7 Å². The lowest BCUT2D eigenvalue weighted by Crippen LogP contribution is -2.34. The maximum Gasteiger partial charge on any atom is 0.311 e. The Morgan fingerprint density at radius 3 is 2.75 bits per heavy atom. The summed E-state index contributed by atoms with van der Waals surface area (Å²) in [4.78, 5) is 23.1. The number of anilines is 1. The predicted molar refractivity (Wildman–Crippen MR) is 70.2 cm³/mol. The van der Waals surface area contributed by atoms with Crippen LogP contribution in [0.3, 0.4) is 0 Å². The fourth-order valence-corrected chi connectivity index (χ4v) is 2.55. The van der Waals surface area contributed by atoms with Crippen LogP contribution in [0.4, 0.5) is 15.8 Å². The summed E-state index contributed by atoms with van der Waals surface area (Å²) >= 11 is 0. The Hall–Kier alpha value is -2.18. The number of hydrogen-bond acceptors (Lipinski definition) is 4. The molecular formula is C13H15FN2O4. The summed E-state index contributed by atoms with van der Waals surface area (Å²) in [5, 5.41) is 20.1. The van der Waals surface area contributed by atoms with Crippen molar-refractivity contribution in [2.45, 2.75) is 19.8 Å². The van der Waals surface area contributed by atoms with Crippen LogP contribution in [0.15, 0.2) is 18.2 Å². The third-order valence-electron chi connectivity index (χ3n) is 3.93. The highest BCUT2D eigenvalue weighted by Crippen LogP contribution is 2.37. The van der Waals surface area contributed by atoms with Crippen LogP contribution in [0.25, 0.3) is 0 Å². The normalized spacial score (nSPS) is 22.0. The van der Waals surface area contributed by atoms with E-state index in [-0.39, 0.29) is 12.2 Å². The molecule has 6 nitrogen and oxygen atoms in total. The SMILES string of the molecule is CCC1(C(=O)O)CCN(c2cc(F)cc([N+](=O)[O-])c2)C1. The van der Waals surface area contributed by atoms with Gasteiger partial charge >= 0.3 is 5.97 Å². The second-order valence-electron chi connectivity index (χ2n) is 5.04. The van der Waals surface area contributed by atoms with Crippen LogP contribution in [0.2, 0.25) is 0 Å². The first kappa shape index (κ1) is 14.2. The molecule has 20 heavy (non-hydrogen) atoms. The molecule has 1 atom stereocenters. The molecule has 1 aliphatic rings. The average molecular weight is 282 g/mol. The van der Waals surface area contributed by atoms with Crippen molar-refractivity contribution >= 4 is 17.3 Å². The molecule has 0 saturated carbocycles. The van der Waals surface area contributed by atoms with E-state index in [0.29, 0.717) is 25.1 Å². The number of rotatable bonds is 4. The van der Waals surface area contributed by atoms with Crippen molar-refractivity contribution < 1.29 is 19.2 Å². The van der Waals surface area contributed by atoms with Gasteiger partial charge in [-0.05, 0) is 18.9 Å². The number of nitro benzene ring substituents is 1. The number of nitro groups is 1. The second-order valence-corrected chi connectivity index (χ2v) is 5.04. The fourth-order valence-electron chi connectivity index (χ4n) is 2.55. The number of halogens is 1. The highest BCUT2D eigenvalue weighted by molar-refractivity contribution is 5.77. The number of carboxylic acid groups (broad SMARTS) is 1. The average Bonchev–Trinajstić information content (AvgIpc) is 2.83. The Labute approximate surface area is 115 Å². The van der Waals surface area contributed by atoms with Gasteiger partial charge in [-0.2, -0.15) is 0 Å². The van der Waals surface area contributed by atoms with E-state index in [1.54, 1.807) is 11.8 Å². The summed E-state index contributed by atoms with van der Waals surface area (Å²) in [6, 6.07) is 3.32. The van der Waals surface area contributed by atoms with Gasteiger partial charge in [0.1, 0.15) is 5.82 Å². The zero-order valence-corrected chi connectivity index (χ0v) is 11.0. The Morgan fingerprint density at radius 1 is 1.55 bits per heavy atom. The minimum atomic E-state index is -0.881. The van der Waals surface area contributed by atoms with Crippen molar-refractivity contribution in [2.75, 3.05) is 18.0 Å². The van der Waals surface area contributed by atoms with Crippen LogP contribution < -0.4 is 4.90 Å². The molecular weight excluding hydrogens is 267 g/mol. The van der Waals surface area contributed by atoms with E-state index in [1.165, 1.54) is 12.1 Å². The summed E-state index contributed by atoms with van der Waals surface area (Å²) in [6.07, 6.45) is 0.916. The van der Waals surface area contributed by atoms with Gasteiger partial charge in [0.15, 0.2) is 0 Å². The van der Waals surface area contributed by atoms with Gasteiger partial charge in [0.05, 0.1) is 16.4 Å². The summed E-state index contributed by atoms with van der Waals surface area (Å²) in [7, 11) is 0. The van der Waals surface area contributed by atoms with Crippen molar-refractivity contribution in [1.29, 1.82) is 0 Å². The van der Waals surface area contributed by atoms with Gasteiger partial charge in [0, 0.05) is 24.8 Å². The molecule has 2 rings (SSSR count). The van der Waals surface area contributed by atoms with Gasteiger partial charge in [0.25, 0.3) is 5.69 Å². The molecule has 0 bridgehead atoms. The van der Waals surface area contributed by atoms with E-state index in [4.69, 9.17) is 0 Å². The molecule has 1 heterocycles. The van der Waals surface area contributed by atoms with Crippen LogP contribution in [0.1, 0.15) is 19.8 Å². The molecule has 0 spiro atoms. The molecule has 0 aliphatic carbocycles. The van der Waals surface area contributed by atoms with Crippen LogP contribution in [0.5, 0.6) is 0 Å². The Bertz CT molecular complexity index is 563. The lowest BCUT2D eigenvalue weighted by atomic mass is 9.84. The van der Waals surface area contributed by atoms with Crippen molar-refractivity contribution in [3.8, 4) is 0 Å². The van der Waals surface area contributed by atoms with Crippen LogP contribution in [-0.2, 0) is 4.79 Å². The molecule has 1 fully saturated rings. The first-order valence-corrected chi connectivity index (χ1v) is 6.31. The summed E-state index contributed by atoms with van der Waals surface area (Å²) in [5.74, 6) is -1.58. The van der Waals surface area contributed by atoms with Crippen LogP contribution in [-0.4, -0.2) is 29.1 Å². The summed E-state index contributed by atoms with van der Waals surface area (Å²) in [5.41, 5.74) is -0.834. The number of non-ortho nitro benzene ring substituents is 1. The fraction of sp³-hybridized carbons (Fsp3) is 0.462. The molecule has 7 heteroatoms. The third-order valence-corrected chi connectivity index (χ3v) is 3.93. The number of aliphatic carboxylic acids is 1. The third kappa shape index (κ3) is 2.43.